The molecule has 0 saturated carbocycles. The second-order valence-corrected chi connectivity index (χ2v) is 4.16. The van der Waals surface area contributed by atoms with Crippen molar-refractivity contribution in [3.63, 3.8) is 0 Å². The van der Waals surface area contributed by atoms with E-state index >= 15 is 0 Å². The highest BCUT2D eigenvalue weighted by Crippen LogP contribution is 2.20. The zero-order chi connectivity index (χ0) is 9.68. The Bertz CT molecular complexity index is 289. The maximum Gasteiger partial charge on any atom is 0.224 e. The van der Waals surface area contributed by atoms with Crippen molar-refractivity contribution in [3.05, 3.63) is 23.5 Å². The highest BCUT2D eigenvalue weighted by molar-refractivity contribution is 8.22. The summed E-state index contributed by atoms with van der Waals surface area (Å²) < 4.78 is 5.62. The zero-order valence-electron chi connectivity index (χ0n) is 6.99. The quantitative estimate of drug-likeness (QED) is 0.445. The van der Waals surface area contributed by atoms with Crippen molar-refractivity contribution in [2.24, 2.45) is 0 Å². The molecule has 0 bridgehead atoms. The van der Waals surface area contributed by atoms with Crippen molar-refractivity contribution >= 4 is 40.0 Å². The van der Waals surface area contributed by atoms with E-state index < -0.39 is 0 Å². The van der Waals surface area contributed by atoms with Gasteiger partial charge in [-0.1, -0.05) is 11.6 Å². The van der Waals surface area contributed by atoms with Crippen LogP contribution in [0, 0.1) is 0 Å². The Morgan fingerprint density at radius 3 is 3.00 bits per heavy atom. The molecule has 1 heterocycles. The lowest BCUT2D eigenvalue weighted by Crippen LogP contribution is -1.95. The van der Waals surface area contributed by atoms with Gasteiger partial charge >= 0.3 is 0 Å². The second-order valence-electron chi connectivity index (χ2n) is 2.10. The molecule has 0 aliphatic heterocycles. The van der Waals surface area contributed by atoms with E-state index in [1.54, 1.807) is 12.3 Å². The summed E-state index contributed by atoms with van der Waals surface area (Å²) in [7, 11) is 0. The average Bonchev–Trinajstić information content (AvgIpc) is 2.09. The fourth-order valence-electron chi connectivity index (χ4n) is 0.666. The molecule has 0 radical (unpaired) electrons. The van der Waals surface area contributed by atoms with Gasteiger partial charge in [-0.2, -0.15) is 0 Å². The van der Waals surface area contributed by atoms with E-state index in [4.69, 9.17) is 28.6 Å². The van der Waals surface area contributed by atoms with E-state index in [9.17, 15) is 0 Å². The fraction of sp³-hybridized carbons (Fsp3) is 0.250. The molecule has 0 aromatic carbocycles. The molecule has 5 heteroatoms. The van der Waals surface area contributed by atoms with Crippen LogP contribution in [-0.4, -0.2) is 16.0 Å². The van der Waals surface area contributed by atoms with Crippen molar-refractivity contribution in [2.45, 2.75) is 11.8 Å². The summed E-state index contributed by atoms with van der Waals surface area (Å²) in [6.07, 6.45) is 1.66. The van der Waals surface area contributed by atoms with Gasteiger partial charge in [0.1, 0.15) is 5.15 Å². The first-order valence-corrected chi connectivity index (χ1v) is 5.29. The van der Waals surface area contributed by atoms with Gasteiger partial charge in [-0.05, 0) is 43.0 Å². The number of thiocarbonyl (C=S) groups is 1. The molecule has 1 rings (SSSR count). The van der Waals surface area contributed by atoms with Crippen molar-refractivity contribution < 1.29 is 4.74 Å². The molecule has 0 aliphatic rings. The molecule has 0 spiro atoms. The number of rotatable bonds is 2. The summed E-state index contributed by atoms with van der Waals surface area (Å²) in [4.78, 5) is 4.85. The highest BCUT2D eigenvalue weighted by atomic mass is 35.5. The number of hydrogen-bond acceptors (Lipinski definition) is 4. The number of ether oxygens (including phenoxy) is 1. The van der Waals surface area contributed by atoms with Gasteiger partial charge in [-0.3, -0.25) is 0 Å². The molecule has 0 fully saturated rings. The number of hydrogen-bond donors (Lipinski definition) is 0. The largest absolute Gasteiger partial charge is 0.479 e. The Morgan fingerprint density at radius 1 is 1.69 bits per heavy atom. The van der Waals surface area contributed by atoms with Crippen molar-refractivity contribution in [3.8, 4) is 0 Å². The van der Waals surface area contributed by atoms with E-state index in [0.717, 1.165) is 4.90 Å². The predicted octanol–water partition coefficient (Wildman–Crippen LogP) is 3.15. The Morgan fingerprint density at radius 2 is 2.46 bits per heavy atom. The van der Waals surface area contributed by atoms with Crippen LogP contribution in [0.15, 0.2) is 23.2 Å². The fourth-order valence-corrected chi connectivity index (χ4v) is 1.80. The number of aromatic nitrogens is 1. The third kappa shape index (κ3) is 3.93. The molecule has 70 valence electrons. The summed E-state index contributed by atoms with van der Waals surface area (Å²) in [5.41, 5.74) is 0. The number of nitrogens with zero attached hydrogens (tertiary/aromatic N) is 1. The summed E-state index contributed by atoms with van der Waals surface area (Å²) in [6.45, 7) is 2.49. The molecule has 0 saturated heterocycles. The van der Waals surface area contributed by atoms with Crippen molar-refractivity contribution in [2.75, 3.05) is 6.61 Å². The van der Waals surface area contributed by atoms with Gasteiger partial charge in [0.15, 0.2) is 0 Å². The zero-order valence-corrected chi connectivity index (χ0v) is 9.38. The maximum atomic E-state index is 5.62. The number of halogens is 1. The summed E-state index contributed by atoms with van der Waals surface area (Å²) in [6, 6.07) is 3.57. The van der Waals surface area contributed by atoms with Gasteiger partial charge in [0.2, 0.25) is 4.38 Å². The van der Waals surface area contributed by atoms with E-state index in [0.29, 0.717) is 16.1 Å². The lowest BCUT2D eigenvalue weighted by Gasteiger charge is -2.02. The Labute approximate surface area is 91.6 Å². The van der Waals surface area contributed by atoms with Gasteiger partial charge < -0.3 is 4.74 Å². The average molecular weight is 234 g/mol. The van der Waals surface area contributed by atoms with Crippen molar-refractivity contribution in [1.29, 1.82) is 0 Å². The second kappa shape index (κ2) is 5.42. The number of pyridine rings is 1. The molecule has 0 atom stereocenters. The molecular formula is C8H8ClNOS2. The summed E-state index contributed by atoms with van der Waals surface area (Å²) >= 11 is 11.9. The Hall–Kier alpha value is -0.320. The molecule has 1 aromatic rings. The minimum Gasteiger partial charge on any atom is -0.479 e. The Kier molecular flexibility index (Phi) is 4.48. The first kappa shape index (κ1) is 10.8. The van der Waals surface area contributed by atoms with Crippen LogP contribution in [-0.2, 0) is 4.74 Å². The van der Waals surface area contributed by atoms with Crippen LogP contribution < -0.4 is 0 Å². The van der Waals surface area contributed by atoms with Gasteiger partial charge in [-0.25, -0.2) is 4.98 Å². The van der Waals surface area contributed by atoms with Crippen LogP contribution in [0.25, 0.3) is 0 Å². The van der Waals surface area contributed by atoms with Crippen LogP contribution in [0.2, 0.25) is 5.15 Å². The molecule has 0 N–H and O–H groups in total. The maximum absolute atomic E-state index is 5.62. The first-order chi connectivity index (χ1) is 6.22. The Balaban J connectivity index is 2.54. The van der Waals surface area contributed by atoms with Crippen LogP contribution in [0.5, 0.6) is 0 Å². The molecule has 1 aromatic heterocycles. The van der Waals surface area contributed by atoms with E-state index in [1.165, 1.54) is 11.8 Å². The van der Waals surface area contributed by atoms with Gasteiger partial charge in [0, 0.05) is 11.1 Å². The van der Waals surface area contributed by atoms with Crippen LogP contribution >= 0.6 is 35.6 Å². The molecular weight excluding hydrogens is 226 g/mol. The van der Waals surface area contributed by atoms with Gasteiger partial charge in [-0.15, -0.1) is 0 Å². The third-order valence-electron chi connectivity index (χ3n) is 1.16. The summed E-state index contributed by atoms with van der Waals surface area (Å²) in [5.74, 6) is 0. The molecule has 2 nitrogen and oxygen atoms in total. The monoisotopic (exact) mass is 233 g/mol. The minimum absolute atomic E-state index is 0.478. The third-order valence-corrected chi connectivity index (χ3v) is 2.52. The van der Waals surface area contributed by atoms with Crippen LogP contribution in [0.4, 0.5) is 0 Å². The molecule has 0 aliphatic carbocycles. The SMILES string of the molecule is CCOC(=S)Sc1ccc(Cl)nc1. The molecule has 0 amide bonds. The molecule has 13 heavy (non-hydrogen) atoms. The standard InChI is InChI=1S/C8H8ClNOS2/c1-2-11-8(12)13-6-3-4-7(9)10-5-6/h3-5H,2H2,1H3. The minimum atomic E-state index is 0.478. The van der Waals surface area contributed by atoms with E-state index in [1.807, 2.05) is 13.0 Å². The predicted molar refractivity (Wildman–Crippen MR) is 59.3 cm³/mol. The highest BCUT2D eigenvalue weighted by Gasteiger charge is 2.00. The summed E-state index contributed by atoms with van der Waals surface area (Å²) in [5, 5.41) is 0.478. The van der Waals surface area contributed by atoms with Gasteiger partial charge in [0.25, 0.3) is 0 Å². The van der Waals surface area contributed by atoms with Crippen molar-refractivity contribution in [1.82, 2.24) is 4.98 Å². The van der Waals surface area contributed by atoms with E-state index in [2.05, 4.69) is 4.98 Å². The smallest absolute Gasteiger partial charge is 0.224 e. The molecule has 0 unspecified atom stereocenters. The first-order valence-electron chi connectivity index (χ1n) is 3.68. The lowest BCUT2D eigenvalue weighted by atomic mass is 10.5. The van der Waals surface area contributed by atoms with Gasteiger partial charge in [0.05, 0.1) is 6.61 Å². The lowest BCUT2D eigenvalue weighted by molar-refractivity contribution is 0.346. The van der Waals surface area contributed by atoms with Crippen LogP contribution in [0.1, 0.15) is 6.92 Å². The van der Waals surface area contributed by atoms with E-state index in [-0.39, 0.29) is 0 Å². The topological polar surface area (TPSA) is 22.1 Å². The number of thioether (sulfide) groups is 1. The normalized spacial score (nSPS) is 9.69. The van der Waals surface area contributed by atoms with Crippen LogP contribution in [0.3, 0.4) is 0 Å².